The van der Waals surface area contributed by atoms with E-state index >= 15 is 0 Å². The smallest absolute Gasteiger partial charge is 0.252 e. The average Bonchev–Trinajstić information content (AvgIpc) is 2.72. The summed E-state index contributed by atoms with van der Waals surface area (Å²) in [5, 5.41) is 3.20. The molecule has 1 aliphatic heterocycles. The highest BCUT2D eigenvalue weighted by Gasteiger charge is 2.13. The first-order valence-electron chi connectivity index (χ1n) is 8.66. The summed E-state index contributed by atoms with van der Waals surface area (Å²) >= 11 is 1.16. The number of hydrogen-bond acceptors (Lipinski definition) is 6. The van der Waals surface area contributed by atoms with Crippen LogP contribution in [-0.2, 0) is 4.79 Å². The molecule has 0 atom stereocenters. The summed E-state index contributed by atoms with van der Waals surface area (Å²) in [4.78, 5) is 31.3. The Morgan fingerprint density at radius 3 is 2.68 bits per heavy atom. The fraction of sp³-hybridized carbons (Fsp3) is 0.150. The van der Waals surface area contributed by atoms with Gasteiger partial charge < -0.3 is 19.8 Å². The average molecular weight is 395 g/mol. The molecule has 1 amide bonds. The molecule has 2 N–H and O–H groups in total. The molecule has 0 spiro atoms. The highest BCUT2D eigenvalue weighted by Crippen LogP contribution is 2.32. The molecule has 0 unspecified atom stereocenters. The van der Waals surface area contributed by atoms with E-state index in [1.807, 2.05) is 30.3 Å². The van der Waals surface area contributed by atoms with Crippen molar-refractivity contribution >= 4 is 23.4 Å². The number of amides is 1. The van der Waals surface area contributed by atoms with Gasteiger partial charge in [0.2, 0.25) is 5.91 Å². The molecule has 0 fully saturated rings. The second-order valence-electron chi connectivity index (χ2n) is 6.00. The van der Waals surface area contributed by atoms with Gasteiger partial charge in [-0.1, -0.05) is 42.1 Å². The number of aromatic amines is 1. The van der Waals surface area contributed by atoms with Crippen molar-refractivity contribution in [1.29, 1.82) is 0 Å². The van der Waals surface area contributed by atoms with Gasteiger partial charge >= 0.3 is 0 Å². The predicted molar refractivity (Wildman–Crippen MR) is 107 cm³/mol. The maximum atomic E-state index is 12.3. The normalized spacial score (nSPS) is 12.4. The zero-order chi connectivity index (χ0) is 19.3. The molecule has 4 rings (SSSR count). The largest absolute Gasteiger partial charge is 0.486 e. The second-order valence-corrected chi connectivity index (χ2v) is 6.96. The van der Waals surface area contributed by atoms with Crippen LogP contribution in [0.25, 0.3) is 11.3 Å². The molecular formula is C20H17N3O4S. The minimum Gasteiger partial charge on any atom is -0.486 e. The molecule has 3 aromatic rings. The summed E-state index contributed by atoms with van der Waals surface area (Å²) in [6.45, 7) is 1.000. The maximum Gasteiger partial charge on any atom is 0.252 e. The van der Waals surface area contributed by atoms with Crippen molar-refractivity contribution in [2.75, 3.05) is 24.3 Å². The van der Waals surface area contributed by atoms with Crippen LogP contribution in [0.4, 0.5) is 5.69 Å². The Hall–Kier alpha value is -3.26. The maximum absolute atomic E-state index is 12.3. The van der Waals surface area contributed by atoms with Crippen LogP contribution in [0.15, 0.2) is 64.5 Å². The number of nitrogens with zero attached hydrogens (tertiary/aromatic N) is 1. The third-order valence-electron chi connectivity index (χ3n) is 3.96. The Morgan fingerprint density at radius 2 is 1.86 bits per heavy atom. The van der Waals surface area contributed by atoms with Gasteiger partial charge in [-0.15, -0.1) is 0 Å². The summed E-state index contributed by atoms with van der Waals surface area (Å²) in [5.74, 6) is 1.17. The van der Waals surface area contributed by atoms with Gasteiger partial charge in [0, 0.05) is 23.4 Å². The molecule has 2 heterocycles. The number of aromatic nitrogens is 2. The molecule has 0 radical (unpaired) electrons. The van der Waals surface area contributed by atoms with Crippen LogP contribution >= 0.6 is 11.8 Å². The van der Waals surface area contributed by atoms with Crippen LogP contribution < -0.4 is 20.3 Å². The van der Waals surface area contributed by atoms with Gasteiger partial charge in [-0.2, -0.15) is 0 Å². The predicted octanol–water partition coefficient (Wildman–Crippen LogP) is 2.94. The van der Waals surface area contributed by atoms with E-state index in [9.17, 15) is 9.59 Å². The highest BCUT2D eigenvalue weighted by molar-refractivity contribution is 7.99. The minimum atomic E-state index is -0.261. The molecule has 0 saturated heterocycles. The minimum absolute atomic E-state index is 0.107. The molecular weight excluding hydrogens is 378 g/mol. The zero-order valence-corrected chi connectivity index (χ0v) is 15.6. The van der Waals surface area contributed by atoms with Gasteiger partial charge in [-0.25, -0.2) is 4.98 Å². The quantitative estimate of drug-likeness (QED) is 0.510. The number of carbonyl (C=O) groups excluding carboxylic acids is 1. The molecule has 142 valence electrons. The second kappa shape index (κ2) is 8.18. The molecule has 1 aliphatic rings. The van der Waals surface area contributed by atoms with Gasteiger partial charge in [0.05, 0.1) is 11.4 Å². The van der Waals surface area contributed by atoms with Crippen LogP contribution in [0.2, 0.25) is 0 Å². The molecule has 0 saturated carbocycles. The number of H-pyrrole nitrogens is 1. The van der Waals surface area contributed by atoms with Crippen molar-refractivity contribution in [3.63, 3.8) is 0 Å². The van der Waals surface area contributed by atoms with E-state index in [2.05, 4.69) is 15.3 Å². The molecule has 28 heavy (non-hydrogen) atoms. The van der Waals surface area contributed by atoms with E-state index in [1.165, 1.54) is 6.07 Å². The zero-order valence-electron chi connectivity index (χ0n) is 14.8. The number of ether oxygens (including phenoxy) is 2. The molecule has 0 aliphatic carbocycles. The summed E-state index contributed by atoms with van der Waals surface area (Å²) in [6.07, 6.45) is 0. The number of thioether (sulfide) groups is 1. The SMILES string of the molecule is O=C(CSc1nc(-c2ccccc2)cc(=O)[nH]1)Nc1ccc2c(c1)OCCO2. The molecule has 7 nitrogen and oxygen atoms in total. The van der Waals surface area contributed by atoms with Gasteiger partial charge in [0.1, 0.15) is 13.2 Å². The van der Waals surface area contributed by atoms with Crippen molar-refractivity contribution < 1.29 is 14.3 Å². The van der Waals surface area contributed by atoms with Crippen LogP contribution in [0.1, 0.15) is 0 Å². The Bertz CT molecular complexity index is 1050. The summed E-state index contributed by atoms with van der Waals surface area (Å²) < 4.78 is 11.0. The van der Waals surface area contributed by atoms with E-state index < -0.39 is 0 Å². The Kier molecular flexibility index (Phi) is 5.29. The van der Waals surface area contributed by atoms with E-state index in [-0.39, 0.29) is 17.2 Å². The van der Waals surface area contributed by atoms with Crippen molar-refractivity contribution in [3.05, 3.63) is 65.0 Å². The lowest BCUT2D eigenvalue weighted by atomic mass is 10.1. The van der Waals surface area contributed by atoms with Gasteiger partial charge in [-0.05, 0) is 12.1 Å². The number of hydrogen-bond donors (Lipinski definition) is 2. The lowest BCUT2D eigenvalue weighted by Crippen LogP contribution is -2.17. The number of rotatable bonds is 5. The van der Waals surface area contributed by atoms with E-state index in [1.54, 1.807) is 18.2 Å². The Balaban J connectivity index is 1.41. The lowest BCUT2D eigenvalue weighted by Gasteiger charge is -2.18. The Morgan fingerprint density at radius 1 is 1.07 bits per heavy atom. The molecule has 0 bridgehead atoms. The van der Waals surface area contributed by atoms with Crippen molar-refractivity contribution in [2.24, 2.45) is 0 Å². The van der Waals surface area contributed by atoms with E-state index in [0.29, 0.717) is 41.3 Å². The van der Waals surface area contributed by atoms with Gasteiger partial charge in [-0.3, -0.25) is 9.59 Å². The van der Waals surface area contributed by atoms with E-state index in [4.69, 9.17) is 9.47 Å². The van der Waals surface area contributed by atoms with Crippen LogP contribution in [0.3, 0.4) is 0 Å². The van der Waals surface area contributed by atoms with Crippen molar-refractivity contribution in [3.8, 4) is 22.8 Å². The third-order valence-corrected chi connectivity index (χ3v) is 4.83. The van der Waals surface area contributed by atoms with E-state index in [0.717, 1.165) is 17.3 Å². The fourth-order valence-electron chi connectivity index (χ4n) is 2.71. The van der Waals surface area contributed by atoms with Crippen molar-refractivity contribution in [1.82, 2.24) is 9.97 Å². The first-order chi connectivity index (χ1) is 13.7. The third kappa shape index (κ3) is 4.34. The van der Waals surface area contributed by atoms with Gasteiger partial charge in [0.25, 0.3) is 5.56 Å². The monoisotopic (exact) mass is 395 g/mol. The van der Waals surface area contributed by atoms with Crippen LogP contribution in [0.5, 0.6) is 11.5 Å². The van der Waals surface area contributed by atoms with Crippen LogP contribution in [-0.4, -0.2) is 34.8 Å². The summed E-state index contributed by atoms with van der Waals surface area (Å²) in [6, 6.07) is 16.1. The number of benzene rings is 2. The molecule has 8 heteroatoms. The number of carbonyl (C=O) groups is 1. The standard InChI is InChI=1S/C20H17N3O4S/c24-18-11-15(13-4-2-1-3-5-13)22-20(23-18)28-12-19(25)21-14-6-7-16-17(10-14)27-9-8-26-16/h1-7,10-11H,8-9,12H2,(H,21,25)(H,22,23,24). The Labute approximate surface area is 165 Å². The lowest BCUT2D eigenvalue weighted by molar-refractivity contribution is -0.113. The van der Waals surface area contributed by atoms with Gasteiger partial charge in [0.15, 0.2) is 16.7 Å². The van der Waals surface area contributed by atoms with Crippen molar-refractivity contribution in [2.45, 2.75) is 5.16 Å². The molecule has 1 aromatic heterocycles. The first-order valence-corrected chi connectivity index (χ1v) is 9.65. The summed E-state index contributed by atoms with van der Waals surface area (Å²) in [7, 11) is 0. The number of nitrogens with one attached hydrogen (secondary N) is 2. The van der Waals surface area contributed by atoms with Crippen LogP contribution in [0, 0.1) is 0 Å². The fourth-order valence-corrected chi connectivity index (χ4v) is 3.39. The first kappa shape index (κ1) is 18.1. The highest BCUT2D eigenvalue weighted by atomic mass is 32.2. The molecule has 2 aromatic carbocycles. The summed E-state index contributed by atoms with van der Waals surface area (Å²) in [5.41, 5.74) is 1.77. The number of anilines is 1. The topological polar surface area (TPSA) is 93.3 Å². The number of fused-ring (bicyclic) bond motifs is 1.